The van der Waals surface area contributed by atoms with E-state index in [2.05, 4.69) is 5.32 Å². The van der Waals surface area contributed by atoms with E-state index in [0.717, 1.165) is 27.3 Å². The second-order valence-electron chi connectivity index (χ2n) is 7.90. The van der Waals surface area contributed by atoms with Crippen molar-refractivity contribution in [2.75, 3.05) is 31.5 Å². The standard InChI is InChI=1S/C22H29N3O3S/c1-16-5-8-20(9-6-16)29(27,28)25-13-11-24(12-14-25)19(4)22(26)23-21-10-7-17(2)15-18(21)3/h5-10,15,19H,11-14H2,1-4H3,(H,23,26)/p+1/t19-/m0/s1. The van der Waals surface area contributed by atoms with Crippen LogP contribution in [0.2, 0.25) is 0 Å². The Kier molecular flexibility index (Phi) is 6.41. The summed E-state index contributed by atoms with van der Waals surface area (Å²) in [5.41, 5.74) is 4.05. The number of carbonyl (C=O) groups excluding carboxylic acids is 1. The Morgan fingerprint density at radius 2 is 1.59 bits per heavy atom. The Bertz CT molecular complexity index is 979. The van der Waals surface area contributed by atoms with Gasteiger partial charge in [-0.15, -0.1) is 0 Å². The third-order valence-electron chi connectivity index (χ3n) is 5.67. The Morgan fingerprint density at radius 3 is 2.17 bits per heavy atom. The van der Waals surface area contributed by atoms with E-state index in [-0.39, 0.29) is 11.9 Å². The molecule has 2 aromatic rings. The molecule has 0 unspecified atom stereocenters. The number of nitrogens with zero attached hydrogens (tertiary/aromatic N) is 1. The van der Waals surface area contributed by atoms with Gasteiger partial charge in [0, 0.05) is 5.69 Å². The average molecular weight is 417 g/mol. The maximum atomic E-state index is 12.9. The maximum absolute atomic E-state index is 12.9. The van der Waals surface area contributed by atoms with Crippen LogP contribution in [0.1, 0.15) is 23.6 Å². The number of piperazine rings is 1. The molecular formula is C22H30N3O3S+. The summed E-state index contributed by atoms with van der Waals surface area (Å²) < 4.78 is 27.2. The molecule has 1 aliphatic heterocycles. The molecule has 1 fully saturated rings. The normalized spacial score (nSPS) is 17.1. The minimum absolute atomic E-state index is 0.0400. The predicted octanol–water partition coefficient (Wildman–Crippen LogP) is 1.53. The molecule has 0 aromatic heterocycles. The van der Waals surface area contributed by atoms with Crippen LogP contribution in [0.3, 0.4) is 0 Å². The van der Waals surface area contributed by atoms with Gasteiger partial charge in [-0.1, -0.05) is 35.4 Å². The highest BCUT2D eigenvalue weighted by molar-refractivity contribution is 7.89. The minimum Gasteiger partial charge on any atom is -0.323 e. The summed E-state index contributed by atoms with van der Waals surface area (Å²) >= 11 is 0. The SMILES string of the molecule is Cc1ccc(S(=O)(=O)N2CC[NH+]([C@@H](C)C(=O)Nc3ccc(C)cc3C)CC2)cc1. The fourth-order valence-electron chi connectivity index (χ4n) is 3.69. The van der Waals surface area contributed by atoms with Crippen LogP contribution in [-0.2, 0) is 14.8 Å². The van der Waals surface area contributed by atoms with Crippen molar-refractivity contribution in [1.82, 2.24) is 4.31 Å². The third-order valence-corrected chi connectivity index (χ3v) is 7.58. The number of aryl methyl sites for hydroxylation is 3. The topological polar surface area (TPSA) is 70.9 Å². The van der Waals surface area contributed by atoms with Gasteiger partial charge < -0.3 is 10.2 Å². The summed E-state index contributed by atoms with van der Waals surface area (Å²) in [4.78, 5) is 14.1. The number of anilines is 1. The zero-order valence-electron chi connectivity index (χ0n) is 17.5. The van der Waals surface area contributed by atoms with E-state index in [0.29, 0.717) is 31.1 Å². The number of hydrogen-bond acceptors (Lipinski definition) is 3. The smallest absolute Gasteiger partial charge is 0.282 e. The summed E-state index contributed by atoms with van der Waals surface area (Å²) in [5, 5.41) is 3.02. The van der Waals surface area contributed by atoms with Crippen molar-refractivity contribution in [1.29, 1.82) is 0 Å². The molecule has 0 aliphatic carbocycles. The second-order valence-corrected chi connectivity index (χ2v) is 9.84. The lowest BCUT2D eigenvalue weighted by molar-refractivity contribution is -0.917. The summed E-state index contributed by atoms with van der Waals surface area (Å²) in [6.45, 7) is 9.87. The van der Waals surface area contributed by atoms with Gasteiger partial charge in [-0.2, -0.15) is 4.31 Å². The number of nitrogens with one attached hydrogen (secondary N) is 2. The molecule has 3 rings (SSSR count). The van der Waals surface area contributed by atoms with E-state index >= 15 is 0 Å². The van der Waals surface area contributed by atoms with Crippen molar-refractivity contribution >= 4 is 21.6 Å². The van der Waals surface area contributed by atoms with Crippen LogP contribution >= 0.6 is 0 Å². The highest BCUT2D eigenvalue weighted by Gasteiger charge is 2.34. The molecule has 29 heavy (non-hydrogen) atoms. The number of rotatable bonds is 5. The number of benzene rings is 2. The summed E-state index contributed by atoms with van der Waals surface area (Å²) in [7, 11) is -3.49. The van der Waals surface area contributed by atoms with E-state index < -0.39 is 10.0 Å². The molecule has 0 saturated carbocycles. The zero-order chi connectivity index (χ0) is 21.2. The molecule has 0 radical (unpaired) electrons. The molecule has 2 N–H and O–H groups in total. The van der Waals surface area contributed by atoms with Crippen LogP contribution in [0.5, 0.6) is 0 Å². The number of carbonyl (C=O) groups is 1. The average Bonchev–Trinajstić information content (AvgIpc) is 2.70. The number of quaternary nitrogens is 1. The van der Waals surface area contributed by atoms with Gasteiger partial charge in [0.25, 0.3) is 5.91 Å². The van der Waals surface area contributed by atoms with Gasteiger partial charge in [-0.05, 0) is 51.5 Å². The largest absolute Gasteiger partial charge is 0.323 e. The van der Waals surface area contributed by atoms with Gasteiger partial charge in [0.05, 0.1) is 31.1 Å². The van der Waals surface area contributed by atoms with Crippen molar-refractivity contribution in [2.45, 2.75) is 38.6 Å². The van der Waals surface area contributed by atoms with Gasteiger partial charge >= 0.3 is 0 Å². The van der Waals surface area contributed by atoms with E-state index in [1.54, 1.807) is 12.1 Å². The molecule has 0 spiro atoms. The van der Waals surface area contributed by atoms with E-state index in [1.165, 1.54) is 4.31 Å². The van der Waals surface area contributed by atoms with Gasteiger partial charge in [0.15, 0.2) is 6.04 Å². The van der Waals surface area contributed by atoms with Crippen LogP contribution < -0.4 is 10.2 Å². The molecule has 1 atom stereocenters. The lowest BCUT2D eigenvalue weighted by Gasteiger charge is -2.34. The fourth-order valence-corrected chi connectivity index (χ4v) is 5.13. The molecular weight excluding hydrogens is 386 g/mol. The van der Waals surface area contributed by atoms with Crippen LogP contribution in [0, 0.1) is 20.8 Å². The van der Waals surface area contributed by atoms with Crippen LogP contribution in [0.15, 0.2) is 47.4 Å². The number of hydrogen-bond donors (Lipinski definition) is 2. The Labute approximate surface area is 173 Å². The van der Waals surface area contributed by atoms with E-state index in [9.17, 15) is 13.2 Å². The maximum Gasteiger partial charge on any atom is 0.282 e. The lowest BCUT2D eigenvalue weighted by Crippen LogP contribution is -3.19. The quantitative estimate of drug-likeness (QED) is 0.777. The summed E-state index contributed by atoms with van der Waals surface area (Å²) in [6, 6.07) is 12.6. The molecule has 1 saturated heterocycles. The fraction of sp³-hybridized carbons (Fsp3) is 0.409. The first-order chi connectivity index (χ1) is 13.7. The number of amides is 1. The van der Waals surface area contributed by atoms with Crippen LogP contribution in [0.25, 0.3) is 0 Å². The van der Waals surface area contributed by atoms with Crippen molar-refractivity contribution in [3.63, 3.8) is 0 Å². The molecule has 2 aromatic carbocycles. The number of sulfonamides is 1. The van der Waals surface area contributed by atoms with E-state index in [1.807, 2.05) is 58.0 Å². The summed E-state index contributed by atoms with van der Waals surface area (Å²) in [6.07, 6.45) is 0. The highest BCUT2D eigenvalue weighted by Crippen LogP contribution is 2.17. The monoisotopic (exact) mass is 416 g/mol. The Balaban J connectivity index is 1.60. The van der Waals surface area contributed by atoms with Crippen molar-refractivity contribution in [3.8, 4) is 0 Å². The predicted molar refractivity (Wildman–Crippen MR) is 115 cm³/mol. The van der Waals surface area contributed by atoms with Gasteiger partial charge in [0.1, 0.15) is 0 Å². The van der Waals surface area contributed by atoms with E-state index in [4.69, 9.17) is 0 Å². The Hall–Kier alpha value is -2.22. The first kappa shape index (κ1) is 21.5. The Morgan fingerprint density at radius 1 is 1.00 bits per heavy atom. The first-order valence-electron chi connectivity index (χ1n) is 9.98. The summed E-state index contributed by atoms with van der Waals surface area (Å²) in [5.74, 6) is -0.0400. The molecule has 6 nitrogen and oxygen atoms in total. The van der Waals surface area contributed by atoms with Crippen molar-refractivity contribution in [2.24, 2.45) is 0 Å². The third kappa shape index (κ3) is 4.86. The van der Waals surface area contributed by atoms with Crippen molar-refractivity contribution < 1.29 is 18.1 Å². The van der Waals surface area contributed by atoms with Crippen molar-refractivity contribution in [3.05, 3.63) is 59.2 Å². The van der Waals surface area contributed by atoms with Crippen LogP contribution in [-0.4, -0.2) is 50.9 Å². The molecule has 156 valence electrons. The van der Waals surface area contributed by atoms with Gasteiger partial charge in [-0.25, -0.2) is 8.42 Å². The minimum atomic E-state index is -3.49. The first-order valence-corrected chi connectivity index (χ1v) is 11.4. The molecule has 1 aliphatic rings. The van der Waals surface area contributed by atoms with Crippen LogP contribution in [0.4, 0.5) is 5.69 Å². The molecule has 1 amide bonds. The van der Waals surface area contributed by atoms with Gasteiger partial charge in [-0.3, -0.25) is 4.79 Å². The zero-order valence-corrected chi connectivity index (χ0v) is 18.3. The second kappa shape index (κ2) is 8.65. The lowest BCUT2D eigenvalue weighted by atomic mass is 10.1. The molecule has 1 heterocycles. The highest BCUT2D eigenvalue weighted by atomic mass is 32.2. The van der Waals surface area contributed by atoms with Gasteiger partial charge in [0.2, 0.25) is 10.0 Å². The molecule has 0 bridgehead atoms. The molecule has 7 heteroatoms.